The number of imide groups is 1. The molecular weight excluding hydrogens is 846 g/mol. The molecule has 65 heavy (non-hydrogen) atoms. The van der Waals surface area contributed by atoms with Gasteiger partial charge in [0.05, 0.1) is 30.0 Å². The van der Waals surface area contributed by atoms with E-state index in [2.05, 4.69) is 55.4 Å². The molecule has 3 fully saturated rings. The Morgan fingerprint density at radius 3 is 2.43 bits per heavy atom. The summed E-state index contributed by atoms with van der Waals surface area (Å²) in [5.74, 6) is 0.968. The summed E-state index contributed by atoms with van der Waals surface area (Å²) < 4.78 is 8.31. The summed E-state index contributed by atoms with van der Waals surface area (Å²) in [7, 11) is 2.08. The van der Waals surface area contributed by atoms with Gasteiger partial charge in [0.15, 0.2) is 0 Å². The molecule has 5 N–H and O–H groups in total. The highest BCUT2D eigenvalue weighted by Crippen LogP contribution is 2.38. The summed E-state index contributed by atoms with van der Waals surface area (Å²) in [6.45, 7) is 1.90. The molecule has 344 valence electrons. The molecule has 2 aromatic heterocycles. The lowest BCUT2D eigenvalue weighted by Crippen LogP contribution is -2.52. The minimum atomic E-state index is -0.682. The minimum Gasteiger partial charge on any atom is -0.489 e. The van der Waals surface area contributed by atoms with Crippen molar-refractivity contribution < 1.29 is 28.7 Å². The molecule has 0 bridgehead atoms. The number of rotatable bonds is 21. The average molecular weight is 907 g/mol. The summed E-state index contributed by atoms with van der Waals surface area (Å²) in [6, 6.07) is 14.9. The molecule has 8 rings (SSSR count). The maximum Gasteiger partial charge on any atom is 0.255 e. The first-order valence-electron chi connectivity index (χ1n) is 23.3. The smallest absolute Gasteiger partial charge is 0.255 e. The molecule has 0 radical (unpaired) electrons. The molecule has 15 nitrogen and oxygen atoms in total. The molecule has 0 spiro atoms. The molecule has 1 unspecified atom stereocenters. The molecular formula is C49H60ClN9O6. The lowest BCUT2D eigenvalue weighted by atomic mass is 9.91. The first-order chi connectivity index (χ1) is 31.6. The first kappa shape index (κ1) is 45.8. The predicted octanol–water partition coefficient (Wildman–Crippen LogP) is 6.12. The number of nitrogens with zero attached hydrogens (tertiary/aromatic N) is 4. The Balaban J connectivity index is 0.649. The highest BCUT2D eigenvalue weighted by molar-refractivity contribution is 6.33. The molecule has 1 saturated heterocycles. The van der Waals surface area contributed by atoms with Crippen LogP contribution in [-0.2, 0) is 52.3 Å². The van der Waals surface area contributed by atoms with Crippen LogP contribution in [0.4, 0.5) is 5.95 Å². The number of ether oxygens (including phenoxy) is 1. The summed E-state index contributed by atoms with van der Waals surface area (Å²) in [5, 5.41) is 15.8. The van der Waals surface area contributed by atoms with Gasteiger partial charge in [-0.15, -0.1) is 0 Å². The van der Waals surface area contributed by atoms with Gasteiger partial charge < -0.3 is 35.5 Å². The standard InChI is InChI=1S/C49H60ClN9O6/c1-58-24-22-37(41(58)25-31-10-11-31)46-39(50)27-53-49(57-46)55-35-18-16-34(17-19-35)54-43(60)9-4-2-3-5-23-51-28-45(62)52-26-32-12-14-33(15-13-32)30-65-42-8-6-7-36-38(42)29-59(48(36)64)40-20-21-44(61)56-47(40)63/h6-8,12-15,22,24,27,31,34-35,40,51H,2-5,9-11,16-21,23,25-26,28-30H2,1H3,(H,52,62)(H,54,60)(H,53,55,57)(H,56,61,63). The Kier molecular flexibility index (Phi) is 15.1. The van der Waals surface area contributed by atoms with Gasteiger partial charge in [0, 0.05) is 67.1 Å². The van der Waals surface area contributed by atoms with E-state index in [1.54, 1.807) is 18.3 Å². The van der Waals surface area contributed by atoms with E-state index in [0.717, 1.165) is 98.2 Å². The monoisotopic (exact) mass is 905 g/mol. The number of hydrogen-bond acceptors (Lipinski definition) is 10. The number of anilines is 1. The Labute approximate surface area is 385 Å². The van der Waals surface area contributed by atoms with Gasteiger partial charge in [0.25, 0.3) is 5.91 Å². The zero-order valence-electron chi connectivity index (χ0n) is 37.1. The summed E-state index contributed by atoms with van der Waals surface area (Å²) in [6.07, 6.45) is 15.8. The van der Waals surface area contributed by atoms with E-state index in [9.17, 15) is 24.0 Å². The topological polar surface area (TPSA) is 189 Å². The second-order valence-electron chi connectivity index (χ2n) is 18.0. The Hall–Kier alpha value is -5.80. The van der Waals surface area contributed by atoms with Gasteiger partial charge >= 0.3 is 0 Å². The van der Waals surface area contributed by atoms with Crippen molar-refractivity contribution in [3.05, 3.63) is 93.9 Å². The molecule has 1 atom stereocenters. The van der Waals surface area contributed by atoms with E-state index >= 15 is 0 Å². The number of aromatic nitrogens is 3. The lowest BCUT2D eigenvalue weighted by Gasteiger charge is -2.29. The van der Waals surface area contributed by atoms with Crippen LogP contribution in [-0.4, -0.2) is 80.2 Å². The first-order valence-corrected chi connectivity index (χ1v) is 23.6. The van der Waals surface area contributed by atoms with Crippen molar-refractivity contribution in [2.75, 3.05) is 18.4 Å². The number of halogens is 1. The van der Waals surface area contributed by atoms with Crippen LogP contribution in [0.3, 0.4) is 0 Å². The van der Waals surface area contributed by atoms with Crippen LogP contribution in [0, 0.1) is 5.92 Å². The maximum absolute atomic E-state index is 13.1. The van der Waals surface area contributed by atoms with E-state index in [4.69, 9.17) is 21.3 Å². The van der Waals surface area contributed by atoms with Gasteiger partial charge in [0.1, 0.15) is 18.4 Å². The van der Waals surface area contributed by atoms with Crippen LogP contribution >= 0.6 is 11.6 Å². The molecule has 4 heterocycles. The SMILES string of the molecule is Cn1ccc(-c2nc(NC3CCC(NC(=O)CCCCCCNCC(=O)NCc4ccc(COc5cccc6c5CN(C5CCC(=O)NC5=O)C6=O)cc4)CC3)ncc2Cl)c1CC1CC1. The minimum absolute atomic E-state index is 0.0780. The predicted molar refractivity (Wildman–Crippen MR) is 247 cm³/mol. The van der Waals surface area contributed by atoms with E-state index in [-0.39, 0.29) is 61.8 Å². The second-order valence-corrected chi connectivity index (χ2v) is 18.4. The van der Waals surface area contributed by atoms with Gasteiger partial charge in [-0.1, -0.05) is 54.8 Å². The van der Waals surface area contributed by atoms with Crippen molar-refractivity contribution in [3.8, 4) is 17.0 Å². The zero-order chi connectivity index (χ0) is 45.3. The third-order valence-corrected chi connectivity index (χ3v) is 13.3. The number of carbonyl (C=O) groups is 5. The molecule has 4 aromatic rings. The number of fused-ring (bicyclic) bond motifs is 1. The maximum atomic E-state index is 13.1. The second kappa shape index (κ2) is 21.5. The van der Waals surface area contributed by atoms with Crippen molar-refractivity contribution in [2.24, 2.45) is 13.0 Å². The van der Waals surface area contributed by atoms with E-state index < -0.39 is 11.9 Å². The quantitative estimate of drug-likeness (QED) is 0.0481. The lowest BCUT2D eigenvalue weighted by molar-refractivity contribution is -0.137. The number of aryl methyl sites for hydroxylation is 1. The van der Waals surface area contributed by atoms with Crippen LogP contribution in [0.1, 0.15) is 116 Å². The highest BCUT2D eigenvalue weighted by atomic mass is 35.5. The Bertz CT molecular complexity index is 2360. The number of unbranched alkanes of at least 4 members (excludes halogenated alkanes) is 3. The van der Waals surface area contributed by atoms with Crippen molar-refractivity contribution in [3.63, 3.8) is 0 Å². The fourth-order valence-electron chi connectivity index (χ4n) is 9.08. The number of piperidine rings is 1. The van der Waals surface area contributed by atoms with Crippen LogP contribution in [0.2, 0.25) is 5.02 Å². The van der Waals surface area contributed by atoms with Crippen molar-refractivity contribution in [1.29, 1.82) is 0 Å². The number of benzene rings is 2. The summed E-state index contributed by atoms with van der Waals surface area (Å²) in [5.41, 5.74) is 6.26. The Morgan fingerprint density at radius 1 is 0.877 bits per heavy atom. The molecule has 16 heteroatoms. The highest BCUT2D eigenvalue weighted by Gasteiger charge is 2.40. The number of amides is 5. The molecule has 5 amide bonds. The number of hydrogen-bond donors (Lipinski definition) is 5. The van der Waals surface area contributed by atoms with Crippen LogP contribution in [0.25, 0.3) is 11.3 Å². The van der Waals surface area contributed by atoms with Crippen LogP contribution in [0.5, 0.6) is 5.75 Å². The third-order valence-electron chi connectivity index (χ3n) is 13.0. The molecule has 4 aliphatic rings. The summed E-state index contributed by atoms with van der Waals surface area (Å²) in [4.78, 5) is 73.2. The van der Waals surface area contributed by atoms with Gasteiger partial charge in [0.2, 0.25) is 29.6 Å². The normalized spacial score (nSPS) is 19.4. The van der Waals surface area contributed by atoms with Crippen molar-refractivity contribution in [1.82, 2.24) is 40.7 Å². The van der Waals surface area contributed by atoms with Gasteiger partial charge in [-0.05, 0) is 106 Å². The van der Waals surface area contributed by atoms with Crippen molar-refractivity contribution >= 4 is 47.1 Å². The fourth-order valence-corrected chi connectivity index (χ4v) is 9.27. The molecule has 2 aliphatic carbocycles. The summed E-state index contributed by atoms with van der Waals surface area (Å²) >= 11 is 6.60. The van der Waals surface area contributed by atoms with Crippen molar-refractivity contribution in [2.45, 2.75) is 128 Å². The van der Waals surface area contributed by atoms with Gasteiger partial charge in [-0.25, -0.2) is 9.97 Å². The largest absolute Gasteiger partial charge is 0.489 e. The third kappa shape index (κ3) is 12.1. The number of carbonyl (C=O) groups excluding carboxylic acids is 5. The number of nitrogens with one attached hydrogen (secondary N) is 5. The zero-order valence-corrected chi connectivity index (χ0v) is 37.9. The van der Waals surface area contributed by atoms with E-state index in [1.807, 2.05) is 30.3 Å². The van der Waals surface area contributed by atoms with Gasteiger partial charge in [-0.3, -0.25) is 29.3 Å². The van der Waals surface area contributed by atoms with E-state index in [1.165, 1.54) is 23.4 Å². The fraction of sp³-hybridized carbons (Fsp3) is 0.490. The molecule has 2 aromatic carbocycles. The van der Waals surface area contributed by atoms with Crippen LogP contribution < -0.4 is 31.3 Å². The molecule has 2 aliphatic heterocycles. The van der Waals surface area contributed by atoms with Gasteiger partial charge in [-0.2, -0.15) is 0 Å². The van der Waals surface area contributed by atoms with E-state index in [0.29, 0.717) is 41.7 Å². The average Bonchev–Trinajstić information content (AvgIpc) is 3.97. The molecule has 2 saturated carbocycles. The Morgan fingerprint density at radius 2 is 1.65 bits per heavy atom. The van der Waals surface area contributed by atoms with Crippen LogP contribution in [0.15, 0.2) is 60.9 Å².